The quantitative estimate of drug-likeness (QED) is 0.871. The summed E-state index contributed by atoms with van der Waals surface area (Å²) in [5.74, 6) is 0.867. The number of benzene rings is 1. The third-order valence-corrected chi connectivity index (χ3v) is 4.71. The van der Waals surface area contributed by atoms with E-state index in [9.17, 15) is 4.79 Å². The molecule has 0 saturated carbocycles. The molecule has 0 spiro atoms. The summed E-state index contributed by atoms with van der Waals surface area (Å²) < 4.78 is 4.98. The fourth-order valence-corrected chi connectivity index (χ4v) is 3.46. The van der Waals surface area contributed by atoms with Gasteiger partial charge in [-0.15, -0.1) is 0 Å². The van der Waals surface area contributed by atoms with Gasteiger partial charge >= 0.3 is 6.01 Å². The molecule has 1 fully saturated rings. The van der Waals surface area contributed by atoms with Crippen LogP contribution in [0.25, 0.3) is 11.1 Å². The van der Waals surface area contributed by atoms with Crippen molar-refractivity contribution in [2.75, 3.05) is 26.7 Å². The molecule has 2 aliphatic heterocycles. The Balaban J connectivity index is 1.75. The number of amides is 1. The van der Waals surface area contributed by atoms with E-state index in [1.807, 2.05) is 12.1 Å². The van der Waals surface area contributed by atoms with Gasteiger partial charge < -0.3 is 15.4 Å². The number of rotatable bonds is 2. The lowest BCUT2D eigenvalue weighted by Gasteiger charge is -2.16. The number of methoxy groups -OCH3 is 1. The van der Waals surface area contributed by atoms with Crippen molar-refractivity contribution < 1.29 is 9.53 Å². The highest BCUT2D eigenvalue weighted by Gasteiger charge is 2.34. The predicted octanol–water partition coefficient (Wildman–Crippen LogP) is 1.20. The van der Waals surface area contributed by atoms with Crippen LogP contribution in [0.1, 0.15) is 21.8 Å². The van der Waals surface area contributed by atoms with Crippen LogP contribution in [-0.2, 0) is 0 Å². The van der Waals surface area contributed by atoms with Crippen molar-refractivity contribution in [2.45, 2.75) is 5.92 Å². The van der Waals surface area contributed by atoms with Crippen LogP contribution in [0.4, 0.5) is 0 Å². The van der Waals surface area contributed by atoms with E-state index in [1.165, 1.54) is 7.11 Å². The minimum atomic E-state index is 0.00526. The average molecular weight is 310 g/mol. The molecule has 1 saturated heterocycles. The van der Waals surface area contributed by atoms with Gasteiger partial charge in [0.2, 0.25) is 0 Å². The van der Waals surface area contributed by atoms with Crippen LogP contribution in [0.5, 0.6) is 6.01 Å². The maximum Gasteiger partial charge on any atom is 0.316 e. The van der Waals surface area contributed by atoms with Gasteiger partial charge in [-0.1, -0.05) is 12.1 Å². The molecular formula is C17H18N4O2. The number of hydrogen-bond donors (Lipinski definition) is 2. The first-order valence-electron chi connectivity index (χ1n) is 7.75. The first kappa shape index (κ1) is 14.1. The number of ether oxygens (including phenoxy) is 1. The van der Waals surface area contributed by atoms with E-state index in [0.717, 1.165) is 41.9 Å². The van der Waals surface area contributed by atoms with Crippen molar-refractivity contribution in [3.05, 3.63) is 41.7 Å². The molecule has 2 aromatic rings. The number of carbonyl (C=O) groups is 1. The Labute approximate surface area is 134 Å². The lowest BCUT2D eigenvalue weighted by Crippen LogP contribution is -2.28. The van der Waals surface area contributed by atoms with Crippen molar-refractivity contribution in [2.24, 2.45) is 5.92 Å². The summed E-state index contributed by atoms with van der Waals surface area (Å²) in [4.78, 5) is 20.7. The van der Waals surface area contributed by atoms with E-state index in [0.29, 0.717) is 17.8 Å². The Kier molecular flexibility index (Phi) is 3.46. The van der Waals surface area contributed by atoms with Crippen molar-refractivity contribution in [1.82, 2.24) is 20.6 Å². The van der Waals surface area contributed by atoms with Gasteiger partial charge in [-0.25, -0.2) is 9.97 Å². The number of nitrogens with one attached hydrogen (secondary N) is 2. The highest BCUT2D eigenvalue weighted by atomic mass is 16.5. The zero-order valence-electron chi connectivity index (χ0n) is 12.9. The highest BCUT2D eigenvalue weighted by Crippen LogP contribution is 2.34. The minimum absolute atomic E-state index is 0.00526. The Morgan fingerprint density at radius 3 is 2.74 bits per heavy atom. The average Bonchev–Trinajstić information content (AvgIpc) is 3.03. The normalized spacial score (nSPS) is 22.7. The zero-order valence-corrected chi connectivity index (χ0v) is 12.9. The van der Waals surface area contributed by atoms with Gasteiger partial charge in [-0.05, 0) is 23.1 Å². The molecule has 0 radical (unpaired) electrons. The van der Waals surface area contributed by atoms with Crippen LogP contribution in [0, 0.1) is 5.92 Å². The van der Waals surface area contributed by atoms with Gasteiger partial charge in [0.05, 0.1) is 7.11 Å². The summed E-state index contributed by atoms with van der Waals surface area (Å²) in [6, 6.07) is 6.39. The van der Waals surface area contributed by atoms with Gasteiger partial charge in [0.25, 0.3) is 5.91 Å². The third kappa shape index (κ3) is 2.45. The molecule has 0 unspecified atom stereocenters. The van der Waals surface area contributed by atoms with Gasteiger partial charge in [-0.2, -0.15) is 0 Å². The molecule has 23 heavy (non-hydrogen) atoms. The number of hydrogen-bond acceptors (Lipinski definition) is 5. The molecule has 1 aromatic carbocycles. The first-order valence-corrected chi connectivity index (χ1v) is 7.75. The molecule has 4 rings (SSSR count). The van der Waals surface area contributed by atoms with Crippen LogP contribution >= 0.6 is 0 Å². The lowest BCUT2D eigenvalue weighted by atomic mass is 9.86. The summed E-state index contributed by atoms with van der Waals surface area (Å²) in [5.41, 5.74) is 3.69. The molecule has 3 heterocycles. The highest BCUT2D eigenvalue weighted by molar-refractivity contribution is 5.97. The van der Waals surface area contributed by atoms with Crippen LogP contribution in [-0.4, -0.2) is 42.6 Å². The third-order valence-electron chi connectivity index (χ3n) is 4.71. The Morgan fingerprint density at radius 1 is 1.13 bits per heavy atom. The molecule has 0 bridgehead atoms. The largest absolute Gasteiger partial charge is 0.467 e. The van der Waals surface area contributed by atoms with Crippen LogP contribution in [0.3, 0.4) is 0 Å². The minimum Gasteiger partial charge on any atom is -0.467 e. The monoisotopic (exact) mass is 310 g/mol. The van der Waals surface area contributed by atoms with E-state index < -0.39 is 0 Å². The molecule has 6 heteroatoms. The summed E-state index contributed by atoms with van der Waals surface area (Å²) in [5, 5.41) is 6.46. The van der Waals surface area contributed by atoms with E-state index in [-0.39, 0.29) is 5.91 Å². The van der Waals surface area contributed by atoms with Gasteiger partial charge in [-0.3, -0.25) is 4.79 Å². The Hall–Kier alpha value is -2.47. The molecule has 1 amide bonds. The van der Waals surface area contributed by atoms with Crippen molar-refractivity contribution >= 4 is 5.91 Å². The van der Waals surface area contributed by atoms with Crippen LogP contribution < -0.4 is 15.4 Å². The Morgan fingerprint density at radius 2 is 1.96 bits per heavy atom. The molecule has 2 atom stereocenters. The number of carbonyl (C=O) groups excluding carboxylic acids is 1. The summed E-state index contributed by atoms with van der Waals surface area (Å²) in [6.07, 6.45) is 3.42. The predicted molar refractivity (Wildman–Crippen MR) is 85.5 cm³/mol. The second kappa shape index (κ2) is 5.62. The summed E-state index contributed by atoms with van der Waals surface area (Å²) in [6.45, 7) is 2.61. The van der Waals surface area contributed by atoms with Crippen LogP contribution in [0.2, 0.25) is 0 Å². The molecule has 1 aromatic heterocycles. The summed E-state index contributed by atoms with van der Waals surface area (Å²) in [7, 11) is 1.54. The molecule has 0 aliphatic carbocycles. The summed E-state index contributed by atoms with van der Waals surface area (Å²) >= 11 is 0. The molecular weight excluding hydrogens is 292 g/mol. The second-order valence-electron chi connectivity index (χ2n) is 6.00. The zero-order chi connectivity index (χ0) is 15.8. The fraction of sp³-hybridized carbons (Fsp3) is 0.353. The number of aromatic nitrogens is 2. The van der Waals surface area contributed by atoms with Gasteiger partial charge in [0.1, 0.15) is 0 Å². The standard InChI is InChI=1S/C17H18N4O2/c1-23-17-20-6-11(7-21-17)10-2-3-13-14(4-10)16(22)19-8-12-5-18-9-15(12)13/h2-4,6-7,12,15,18H,5,8-9H2,1H3,(H,19,22)/t12-,15+/m0/s1. The van der Waals surface area contributed by atoms with Crippen molar-refractivity contribution in [3.8, 4) is 17.1 Å². The SMILES string of the molecule is COc1ncc(-c2ccc3c(c2)C(=O)NC[C@@H]2CNC[C@@H]32)cn1. The van der Waals surface area contributed by atoms with E-state index in [2.05, 4.69) is 26.7 Å². The van der Waals surface area contributed by atoms with Gasteiger partial charge in [0, 0.05) is 49.1 Å². The molecule has 6 nitrogen and oxygen atoms in total. The van der Waals surface area contributed by atoms with Crippen LogP contribution in [0.15, 0.2) is 30.6 Å². The fourth-order valence-electron chi connectivity index (χ4n) is 3.46. The first-order chi connectivity index (χ1) is 11.3. The molecule has 118 valence electrons. The van der Waals surface area contributed by atoms with Crippen molar-refractivity contribution in [3.63, 3.8) is 0 Å². The van der Waals surface area contributed by atoms with Gasteiger partial charge in [0.15, 0.2) is 0 Å². The maximum atomic E-state index is 12.4. The van der Waals surface area contributed by atoms with E-state index >= 15 is 0 Å². The number of nitrogens with zero attached hydrogens (tertiary/aromatic N) is 2. The van der Waals surface area contributed by atoms with Crippen molar-refractivity contribution in [1.29, 1.82) is 0 Å². The van der Waals surface area contributed by atoms with E-state index in [4.69, 9.17) is 4.74 Å². The maximum absolute atomic E-state index is 12.4. The molecule has 2 N–H and O–H groups in total. The van der Waals surface area contributed by atoms with E-state index in [1.54, 1.807) is 12.4 Å². The smallest absolute Gasteiger partial charge is 0.316 e. The second-order valence-corrected chi connectivity index (χ2v) is 6.00. The lowest BCUT2D eigenvalue weighted by molar-refractivity contribution is 0.0952. The topological polar surface area (TPSA) is 76.1 Å². The number of fused-ring (bicyclic) bond motifs is 3. The molecule has 2 aliphatic rings. The Bertz CT molecular complexity index is 745.